The Morgan fingerprint density at radius 2 is 0.889 bits per heavy atom. The number of hydrogen-bond donors (Lipinski definition) is 0. The monoisotopic (exact) mass is 742 g/mol. The summed E-state index contributed by atoms with van der Waals surface area (Å²) in [4.78, 5) is 13.5. The second-order valence-electron chi connectivity index (χ2n) is 17.4. The van der Waals surface area contributed by atoms with Crippen LogP contribution in [0.1, 0.15) is 167 Å². The molecule has 0 aromatic carbocycles. The van der Waals surface area contributed by atoms with Crippen LogP contribution >= 0.6 is 22.7 Å². The third kappa shape index (κ3) is 4.67. The van der Waals surface area contributed by atoms with E-state index in [1.54, 1.807) is 32.0 Å². The lowest BCUT2D eigenvalue weighted by Gasteiger charge is -2.45. The van der Waals surface area contributed by atoms with Crippen LogP contribution in [-0.4, -0.2) is 0 Å². The molecule has 0 N–H and O–H groups in total. The van der Waals surface area contributed by atoms with Gasteiger partial charge in [0.05, 0.1) is 25.3 Å². The van der Waals surface area contributed by atoms with E-state index in [2.05, 4.69) is 68.8 Å². The molecule has 10 rings (SSSR count). The maximum absolute atomic E-state index is 9.80. The Hall–Kier alpha value is -4.20. The molecular formula is C48H46N4S2. The Morgan fingerprint density at radius 3 is 1.26 bits per heavy atom. The van der Waals surface area contributed by atoms with Crippen molar-refractivity contribution >= 4 is 34.8 Å². The molecule has 8 aliphatic carbocycles. The van der Waals surface area contributed by atoms with Gasteiger partial charge in [-0.05, 0) is 145 Å². The standard InChI is InChI=1S/C48H46N4S2/c1-51-36(28-49)32-16-12-14-30(24-32)34-26-38-40(46(34)18-6-3-7-19-46)42-44(53-38)45-43(48(42)22-10-5-11-23-48)41-39(54-45)27-35(47(41)20-8-4-9-21-47)31-15-13-17-33(25-31)37(29-50)52-2/h24-27H,3-23H2/b36-32-,37-33+. The van der Waals surface area contributed by atoms with Gasteiger partial charge in [-0.3, -0.25) is 0 Å². The van der Waals surface area contributed by atoms with E-state index in [0.29, 0.717) is 0 Å². The minimum atomic E-state index is 0.0293. The van der Waals surface area contributed by atoms with Crippen LogP contribution in [0.15, 0.2) is 57.0 Å². The molecule has 3 saturated carbocycles. The largest absolute Gasteiger partial charge is 0.265 e. The Bertz CT molecular complexity index is 2170. The van der Waals surface area contributed by atoms with Gasteiger partial charge in [-0.25, -0.2) is 20.2 Å². The van der Waals surface area contributed by atoms with Crippen LogP contribution < -0.4 is 0 Å². The Morgan fingerprint density at radius 1 is 0.500 bits per heavy atom. The van der Waals surface area contributed by atoms with Crippen molar-refractivity contribution < 1.29 is 0 Å². The number of nitrogens with zero attached hydrogens (tertiary/aromatic N) is 4. The van der Waals surface area contributed by atoms with Crippen molar-refractivity contribution in [3.63, 3.8) is 0 Å². The SMILES string of the molecule is [C-]#[N+]/C(C#N)=C1\C=C(C2=Cc3sc4c(c3C23CCCCC3)C2(CCCCC2)c2c-4sc3c2C2(CCCCC2)C(C2=C/C(=C(\C#N)[N+]#[C-])CCC2)=C3)CCC1. The predicted molar refractivity (Wildman–Crippen MR) is 219 cm³/mol. The van der Waals surface area contributed by atoms with Crippen molar-refractivity contribution in [2.24, 2.45) is 0 Å². The fraction of sp³-hybridized carbons (Fsp3) is 0.500. The highest BCUT2D eigenvalue weighted by atomic mass is 32.1. The topological polar surface area (TPSA) is 56.3 Å². The number of nitriles is 2. The number of allylic oxidation sites excluding steroid dienone is 10. The molecule has 8 aliphatic rings. The van der Waals surface area contributed by atoms with Crippen molar-refractivity contribution in [1.82, 2.24) is 0 Å². The summed E-state index contributed by atoms with van der Waals surface area (Å²) in [5.41, 5.74) is 15.2. The second-order valence-corrected chi connectivity index (χ2v) is 19.5. The molecule has 0 aliphatic heterocycles. The highest BCUT2D eigenvalue weighted by Crippen LogP contribution is 2.72. The average Bonchev–Trinajstić information content (AvgIpc) is 3.98. The molecule has 6 heteroatoms. The van der Waals surface area contributed by atoms with E-state index >= 15 is 0 Å². The maximum Gasteiger partial charge on any atom is 0.265 e. The van der Waals surface area contributed by atoms with Gasteiger partial charge in [-0.1, -0.05) is 69.9 Å². The molecule has 3 spiro atoms. The van der Waals surface area contributed by atoms with Crippen LogP contribution in [-0.2, 0) is 16.2 Å². The molecule has 0 unspecified atom stereocenters. The normalized spacial score (nSPS) is 25.9. The highest BCUT2D eigenvalue weighted by molar-refractivity contribution is 7.23. The average molecular weight is 743 g/mol. The zero-order valence-corrected chi connectivity index (χ0v) is 32.9. The number of thiophene rings is 2. The summed E-state index contributed by atoms with van der Waals surface area (Å²) in [6, 6.07) is 4.41. The summed E-state index contributed by atoms with van der Waals surface area (Å²) < 4.78 is 0. The van der Waals surface area contributed by atoms with Crippen molar-refractivity contribution in [2.45, 2.75) is 151 Å². The molecular weight excluding hydrogens is 697 g/mol. The van der Waals surface area contributed by atoms with Gasteiger partial charge in [-0.2, -0.15) is 0 Å². The molecule has 0 radical (unpaired) electrons. The first-order chi connectivity index (χ1) is 26.5. The summed E-state index contributed by atoms with van der Waals surface area (Å²) in [7, 11) is 0. The maximum atomic E-state index is 9.80. The fourth-order valence-corrected chi connectivity index (χ4v) is 15.8. The molecule has 0 saturated heterocycles. The smallest absolute Gasteiger partial charge is 0.226 e. The van der Waals surface area contributed by atoms with E-state index < -0.39 is 0 Å². The van der Waals surface area contributed by atoms with Crippen LogP contribution in [0.5, 0.6) is 0 Å². The first-order valence-electron chi connectivity index (χ1n) is 20.8. The quantitative estimate of drug-likeness (QED) is 0.227. The first kappa shape index (κ1) is 34.3. The van der Waals surface area contributed by atoms with Crippen molar-refractivity contribution in [3.8, 4) is 21.9 Å². The van der Waals surface area contributed by atoms with Gasteiger partial charge in [-0.15, -0.1) is 22.7 Å². The molecule has 2 aromatic rings. The third-order valence-electron chi connectivity index (χ3n) is 14.9. The Balaban J connectivity index is 1.17. The number of rotatable bonds is 2. The molecule has 2 aromatic heterocycles. The van der Waals surface area contributed by atoms with Crippen LogP contribution in [0.25, 0.3) is 31.6 Å². The van der Waals surface area contributed by atoms with Gasteiger partial charge in [0.15, 0.2) is 0 Å². The number of fused-ring (bicyclic) bond motifs is 11. The van der Waals surface area contributed by atoms with Gasteiger partial charge in [0.25, 0.3) is 11.4 Å². The molecule has 0 amide bonds. The van der Waals surface area contributed by atoms with Crippen molar-refractivity contribution in [2.75, 3.05) is 0 Å². The Kier molecular flexibility index (Phi) is 8.22. The molecule has 2 heterocycles. The number of hydrogen-bond acceptors (Lipinski definition) is 4. The van der Waals surface area contributed by atoms with E-state index in [1.165, 1.54) is 128 Å². The molecule has 0 bridgehead atoms. The zero-order chi connectivity index (χ0) is 36.7. The zero-order valence-electron chi connectivity index (χ0n) is 31.3. The Labute approximate surface area is 328 Å². The van der Waals surface area contributed by atoms with Gasteiger partial charge < -0.3 is 0 Å². The predicted octanol–water partition coefficient (Wildman–Crippen LogP) is 13.9. The van der Waals surface area contributed by atoms with Gasteiger partial charge in [0, 0.05) is 35.8 Å². The molecule has 54 heavy (non-hydrogen) atoms. The lowest BCUT2D eigenvalue weighted by molar-refractivity contribution is 0.311. The minimum absolute atomic E-state index is 0.0293. The van der Waals surface area contributed by atoms with Crippen LogP contribution in [0, 0.1) is 35.8 Å². The second kappa shape index (κ2) is 12.9. The van der Waals surface area contributed by atoms with E-state index in [-0.39, 0.29) is 27.6 Å². The van der Waals surface area contributed by atoms with Crippen molar-refractivity contribution in [1.29, 1.82) is 10.5 Å². The molecule has 270 valence electrons. The minimum Gasteiger partial charge on any atom is -0.226 e. The van der Waals surface area contributed by atoms with E-state index in [9.17, 15) is 10.5 Å². The molecule has 0 atom stereocenters. The van der Waals surface area contributed by atoms with Gasteiger partial charge in [0.2, 0.25) is 0 Å². The summed E-state index contributed by atoms with van der Waals surface area (Å²) >= 11 is 4.20. The van der Waals surface area contributed by atoms with E-state index in [4.69, 9.17) is 13.1 Å². The molecule has 3 fully saturated rings. The summed E-state index contributed by atoms with van der Waals surface area (Å²) in [5.74, 6) is 0. The summed E-state index contributed by atoms with van der Waals surface area (Å²) in [6.07, 6.45) is 34.3. The lowest BCUT2D eigenvalue weighted by atomic mass is 9.57. The van der Waals surface area contributed by atoms with Gasteiger partial charge in [0.1, 0.15) is 0 Å². The third-order valence-corrected chi connectivity index (χ3v) is 17.3. The van der Waals surface area contributed by atoms with Gasteiger partial charge >= 0.3 is 0 Å². The fourth-order valence-electron chi connectivity index (χ4n) is 12.8. The molecule has 4 nitrogen and oxygen atoms in total. The highest BCUT2D eigenvalue weighted by Gasteiger charge is 2.59. The lowest BCUT2D eigenvalue weighted by Crippen LogP contribution is -2.38. The summed E-state index contributed by atoms with van der Waals surface area (Å²) in [6.45, 7) is 15.4. The van der Waals surface area contributed by atoms with E-state index in [1.807, 2.05) is 0 Å². The van der Waals surface area contributed by atoms with E-state index in [0.717, 1.165) is 49.7 Å². The van der Waals surface area contributed by atoms with Crippen LogP contribution in [0.4, 0.5) is 0 Å². The van der Waals surface area contributed by atoms with Crippen molar-refractivity contribution in [3.05, 3.63) is 112 Å². The summed E-state index contributed by atoms with van der Waals surface area (Å²) in [5, 5.41) is 19.6. The van der Waals surface area contributed by atoms with Crippen LogP contribution in [0.3, 0.4) is 0 Å². The van der Waals surface area contributed by atoms with Crippen LogP contribution in [0.2, 0.25) is 0 Å². The first-order valence-corrected chi connectivity index (χ1v) is 22.4.